The van der Waals surface area contributed by atoms with Gasteiger partial charge < -0.3 is 0 Å². The van der Waals surface area contributed by atoms with Crippen molar-refractivity contribution in [3.8, 4) is 0 Å². The van der Waals surface area contributed by atoms with Crippen LogP contribution in [-0.4, -0.2) is 7.28 Å². The van der Waals surface area contributed by atoms with E-state index in [1.54, 1.807) is 18.2 Å². The maximum absolute atomic E-state index is 13.5. The summed E-state index contributed by atoms with van der Waals surface area (Å²) in [4.78, 5) is 0. The van der Waals surface area contributed by atoms with Crippen LogP contribution in [0.1, 0.15) is 5.56 Å². The number of rotatable bonds is 3. The zero-order valence-electron chi connectivity index (χ0n) is 10.1. The van der Waals surface area contributed by atoms with Crippen molar-refractivity contribution < 1.29 is 22.0 Å². The summed E-state index contributed by atoms with van der Waals surface area (Å²) in [6.45, 7) is 3.53. The molecule has 0 fully saturated rings. The van der Waals surface area contributed by atoms with Crippen LogP contribution in [0.4, 0.5) is 22.0 Å². The molecule has 2 aromatic rings. The molecule has 0 N–H and O–H groups in total. The Morgan fingerprint density at radius 3 is 1.65 bits per heavy atom. The highest BCUT2D eigenvalue weighted by molar-refractivity contribution is 6.67. The van der Waals surface area contributed by atoms with E-state index in [1.165, 1.54) is 12.1 Å². The molecule has 1 radical (unpaired) electrons. The molecule has 0 bridgehead atoms. The predicted molar refractivity (Wildman–Crippen MR) is 67.8 cm³/mol. The summed E-state index contributed by atoms with van der Waals surface area (Å²) < 4.78 is 65.9. The number of hydrogen-bond donors (Lipinski definition) is 0. The maximum atomic E-state index is 13.5. The van der Waals surface area contributed by atoms with Crippen LogP contribution in [0.3, 0.4) is 0 Å². The summed E-state index contributed by atoms with van der Waals surface area (Å²) in [5.41, 5.74) is 0.103. The molecule has 0 spiro atoms. The van der Waals surface area contributed by atoms with Crippen molar-refractivity contribution >= 4 is 24.3 Å². The van der Waals surface area contributed by atoms with Gasteiger partial charge in [-0.2, -0.15) is 0 Å². The number of hydrogen-bond acceptors (Lipinski definition) is 0. The lowest BCUT2D eigenvalue weighted by Crippen LogP contribution is -2.34. The quantitative estimate of drug-likeness (QED) is 0.351. The Morgan fingerprint density at radius 2 is 1.20 bits per heavy atom. The predicted octanol–water partition coefficient (Wildman–Crippen LogP) is 2.68. The van der Waals surface area contributed by atoms with Crippen molar-refractivity contribution in [2.24, 2.45) is 0 Å². The average Bonchev–Trinajstić information content (AvgIpc) is 2.48. The smallest absolute Gasteiger partial charge is 0.200 e. The average molecular weight is 281 g/mol. The van der Waals surface area contributed by atoms with Gasteiger partial charge in [-0.25, -0.2) is 22.0 Å². The van der Waals surface area contributed by atoms with Crippen LogP contribution in [0.5, 0.6) is 0 Å². The lowest BCUT2D eigenvalue weighted by molar-refractivity contribution is 0.384. The summed E-state index contributed by atoms with van der Waals surface area (Å²) in [6.07, 6.45) is 1.56. The molecule has 0 aliphatic heterocycles. The molecule has 101 valence electrons. The van der Waals surface area contributed by atoms with Crippen LogP contribution in [0, 0.1) is 29.1 Å². The Bertz CT molecular complexity index is 635. The van der Waals surface area contributed by atoms with Crippen molar-refractivity contribution in [1.29, 1.82) is 0 Å². The van der Waals surface area contributed by atoms with Gasteiger partial charge in [0.1, 0.15) is 0 Å². The standard InChI is InChI=1S/C14H7BF5/c1-2-7-3-5-8(6-4-7)15-9-10(16)12(18)14(20)13(19)11(9)17/h2-6H,1H2. The number of halogens is 5. The normalized spacial score (nSPS) is 10.4. The molecule has 0 unspecified atom stereocenters. The molecule has 0 atom stereocenters. The van der Waals surface area contributed by atoms with E-state index in [2.05, 4.69) is 6.58 Å². The third kappa shape index (κ3) is 2.46. The van der Waals surface area contributed by atoms with Crippen molar-refractivity contribution in [2.75, 3.05) is 0 Å². The van der Waals surface area contributed by atoms with E-state index < -0.39 is 34.5 Å². The highest BCUT2D eigenvalue weighted by atomic mass is 19.2. The Morgan fingerprint density at radius 1 is 0.750 bits per heavy atom. The second-order valence-corrected chi connectivity index (χ2v) is 4.00. The van der Waals surface area contributed by atoms with Gasteiger partial charge in [0, 0.05) is 0 Å². The summed E-state index contributed by atoms with van der Waals surface area (Å²) in [6, 6.07) is 6.17. The molecule has 0 nitrogen and oxygen atoms in total. The van der Waals surface area contributed by atoms with Gasteiger partial charge >= 0.3 is 0 Å². The Hall–Kier alpha value is -2.11. The Balaban J connectivity index is 2.45. The number of benzene rings is 2. The molecule has 0 saturated heterocycles. The van der Waals surface area contributed by atoms with Gasteiger partial charge in [0.2, 0.25) is 0 Å². The minimum atomic E-state index is -2.17. The fraction of sp³-hybridized carbons (Fsp3) is 0. The summed E-state index contributed by atoms with van der Waals surface area (Å²) in [5, 5.41) is 0. The molecule has 20 heavy (non-hydrogen) atoms. The van der Waals surface area contributed by atoms with E-state index in [0.717, 1.165) is 12.8 Å². The van der Waals surface area contributed by atoms with E-state index in [1.807, 2.05) is 0 Å². The molecular weight excluding hydrogens is 274 g/mol. The zero-order valence-corrected chi connectivity index (χ0v) is 10.1. The van der Waals surface area contributed by atoms with Crippen LogP contribution >= 0.6 is 0 Å². The highest BCUT2D eigenvalue weighted by Crippen LogP contribution is 2.15. The summed E-state index contributed by atoms with van der Waals surface area (Å²) >= 11 is 0. The third-order valence-corrected chi connectivity index (χ3v) is 2.73. The van der Waals surface area contributed by atoms with Crippen molar-refractivity contribution in [1.82, 2.24) is 0 Å². The van der Waals surface area contributed by atoms with Crippen LogP contribution in [-0.2, 0) is 0 Å². The first-order chi connectivity index (χ1) is 9.45. The summed E-state index contributed by atoms with van der Waals surface area (Å²) in [5.74, 6) is -9.79. The maximum Gasteiger partial charge on any atom is 0.200 e. The van der Waals surface area contributed by atoms with Crippen molar-refractivity contribution in [3.63, 3.8) is 0 Å². The fourth-order valence-electron chi connectivity index (χ4n) is 1.64. The van der Waals surface area contributed by atoms with E-state index in [-0.39, 0.29) is 0 Å². The van der Waals surface area contributed by atoms with E-state index >= 15 is 0 Å². The van der Waals surface area contributed by atoms with E-state index in [9.17, 15) is 22.0 Å². The molecule has 2 aromatic carbocycles. The van der Waals surface area contributed by atoms with Gasteiger partial charge in [-0.1, -0.05) is 42.4 Å². The third-order valence-electron chi connectivity index (χ3n) is 2.73. The second kappa shape index (κ2) is 5.49. The molecule has 0 aromatic heterocycles. The molecule has 2 rings (SSSR count). The first kappa shape index (κ1) is 14.3. The fourth-order valence-corrected chi connectivity index (χ4v) is 1.64. The van der Waals surface area contributed by atoms with Crippen molar-refractivity contribution in [3.05, 3.63) is 65.5 Å². The highest BCUT2D eigenvalue weighted by Gasteiger charge is 2.25. The Kier molecular flexibility index (Phi) is 3.92. The van der Waals surface area contributed by atoms with Gasteiger partial charge in [-0.15, -0.1) is 0 Å². The van der Waals surface area contributed by atoms with Crippen LogP contribution in [0.25, 0.3) is 6.08 Å². The monoisotopic (exact) mass is 281 g/mol. The van der Waals surface area contributed by atoms with Crippen molar-refractivity contribution in [2.45, 2.75) is 0 Å². The largest absolute Gasteiger partial charge is 0.204 e. The SMILES string of the molecule is C=Cc1ccc([B]c2c(F)c(F)c(F)c(F)c2F)cc1. The molecule has 0 heterocycles. The van der Waals surface area contributed by atoms with Crippen LogP contribution in [0.15, 0.2) is 30.8 Å². The zero-order chi connectivity index (χ0) is 14.9. The molecule has 0 saturated carbocycles. The van der Waals surface area contributed by atoms with Gasteiger partial charge in [-0.3, -0.25) is 0 Å². The second-order valence-electron chi connectivity index (χ2n) is 4.00. The Labute approximate surface area is 112 Å². The minimum Gasteiger partial charge on any atom is -0.204 e. The minimum absolute atomic E-state index is 0.304. The lowest BCUT2D eigenvalue weighted by atomic mass is 9.63. The molecule has 0 aliphatic rings. The topological polar surface area (TPSA) is 0 Å². The molecule has 6 heteroatoms. The summed E-state index contributed by atoms with van der Waals surface area (Å²) in [7, 11) is 0.892. The van der Waals surface area contributed by atoms with Gasteiger partial charge in [0.25, 0.3) is 0 Å². The van der Waals surface area contributed by atoms with Gasteiger partial charge in [0.15, 0.2) is 36.4 Å². The molecule has 0 aliphatic carbocycles. The molecular formula is C14H7BF5. The van der Waals surface area contributed by atoms with Gasteiger partial charge in [0.05, 0.1) is 0 Å². The lowest BCUT2D eigenvalue weighted by Gasteiger charge is -2.07. The molecule has 0 amide bonds. The van der Waals surface area contributed by atoms with E-state index in [4.69, 9.17) is 0 Å². The van der Waals surface area contributed by atoms with Gasteiger partial charge in [-0.05, 0) is 11.0 Å². The van der Waals surface area contributed by atoms with Crippen LogP contribution in [0.2, 0.25) is 0 Å². The van der Waals surface area contributed by atoms with E-state index in [0.29, 0.717) is 5.46 Å². The first-order valence-corrected chi connectivity index (χ1v) is 5.54. The first-order valence-electron chi connectivity index (χ1n) is 5.54. The van der Waals surface area contributed by atoms with Crippen LogP contribution < -0.4 is 10.9 Å².